The van der Waals surface area contributed by atoms with E-state index < -0.39 is 23.7 Å². The molecule has 0 bridgehead atoms. The summed E-state index contributed by atoms with van der Waals surface area (Å²) in [4.78, 5) is 13.3. The van der Waals surface area contributed by atoms with Crippen LogP contribution in [0.4, 0.5) is 23.5 Å². The summed E-state index contributed by atoms with van der Waals surface area (Å²) in [7, 11) is 0. The molecule has 1 unspecified atom stereocenters. The maximum Gasteiger partial charge on any atom is 0.433 e. The number of H-pyrrole nitrogens is 1. The van der Waals surface area contributed by atoms with Gasteiger partial charge < -0.3 is 9.88 Å². The zero-order chi connectivity index (χ0) is 23.5. The quantitative estimate of drug-likeness (QED) is 0.335. The van der Waals surface area contributed by atoms with E-state index in [-0.39, 0.29) is 16.7 Å². The third kappa shape index (κ3) is 3.82. The fraction of sp³-hybridized carbons (Fsp3) is 0.250. The lowest BCUT2D eigenvalue weighted by molar-refractivity contribution is -0.141. The lowest BCUT2D eigenvalue weighted by Gasteiger charge is -2.36. The van der Waals surface area contributed by atoms with Gasteiger partial charge in [0.1, 0.15) is 11.5 Å². The Balaban J connectivity index is 1.72. The van der Waals surface area contributed by atoms with Gasteiger partial charge in [0.2, 0.25) is 5.95 Å². The monoisotopic (exact) mass is 474 g/mol. The number of hydrogen-bond acceptors (Lipinski definition) is 3. The molecule has 2 aromatic carbocycles. The van der Waals surface area contributed by atoms with Crippen molar-refractivity contribution in [1.82, 2.24) is 15.0 Å². The van der Waals surface area contributed by atoms with Crippen molar-refractivity contribution in [2.24, 2.45) is 0 Å². The van der Waals surface area contributed by atoms with Gasteiger partial charge in [0, 0.05) is 28.8 Å². The summed E-state index contributed by atoms with van der Waals surface area (Å²) in [5, 5.41) is 0.824. The van der Waals surface area contributed by atoms with Crippen molar-refractivity contribution in [3.63, 3.8) is 0 Å². The second-order valence-corrected chi connectivity index (χ2v) is 8.69. The molecule has 0 aliphatic carbocycles. The summed E-state index contributed by atoms with van der Waals surface area (Å²) in [6, 6.07) is 11.1. The van der Waals surface area contributed by atoms with Crippen molar-refractivity contribution in [2.75, 3.05) is 11.4 Å². The van der Waals surface area contributed by atoms with Crippen molar-refractivity contribution < 1.29 is 17.6 Å². The van der Waals surface area contributed by atoms with Gasteiger partial charge in [-0.15, -0.1) is 0 Å². The molecule has 3 heterocycles. The molecule has 9 heteroatoms. The largest absolute Gasteiger partial charge is 0.433 e. The Kier molecular flexibility index (Phi) is 5.08. The minimum absolute atomic E-state index is 0.00131. The van der Waals surface area contributed by atoms with Crippen LogP contribution in [0.5, 0.6) is 0 Å². The van der Waals surface area contributed by atoms with Gasteiger partial charge in [0.15, 0.2) is 0 Å². The number of halogens is 5. The number of rotatable bonds is 2. The van der Waals surface area contributed by atoms with Crippen LogP contribution in [0.1, 0.15) is 39.8 Å². The van der Waals surface area contributed by atoms with Gasteiger partial charge >= 0.3 is 6.18 Å². The van der Waals surface area contributed by atoms with Gasteiger partial charge in [-0.2, -0.15) is 13.2 Å². The molecule has 1 aliphatic heterocycles. The van der Waals surface area contributed by atoms with E-state index in [1.54, 1.807) is 11.0 Å². The molecular formula is C24H19ClF4N4. The van der Waals surface area contributed by atoms with Crippen molar-refractivity contribution >= 4 is 28.5 Å². The Morgan fingerprint density at radius 3 is 2.48 bits per heavy atom. The van der Waals surface area contributed by atoms with Crippen LogP contribution in [0.2, 0.25) is 5.02 Å². The van der Waals surface area contributed by atoms with Crippen LogP contribution in [0, 0.1) is 19.7 Å². The Hall–Kier alpha value is -3.13. The smallest absolute Gasteiger partial charge is 0.356 e. The number of benzene rings is 2. The molecule has 0 fully saturated rings. The fourth-order valence-electron chi connectivity index (χ4n) is 4.42. The number of nitrogens with one attached hydrogen (secondary N) is 1. The first-order valence-corrected chi connectivity index (χ1v) is 10.7. The lowest BCUT2D eigenvalue weighted by atomic mass is 9.92. The molecule has 170 valence electrons. The highest BCUT2D eigenvalue weighted by Gasteiger charge is 2.37. The van der Waals surface area contributed by atoms with Crippen LogP contribution < -0.4 is 4.90 Å². The Labute approximate surface area is 192 Å². The van der Waals surface area contributed by atoms with Crippen molar-refractivity contribution in [3.8, 4) is 0 Å². The maximum atomic E-state index is 14.1. The van der Waals surface area contributed by atoms with Crippen LogP contribution in [0.25, 0.3) is 10.9 Å². The number of hydrogen-bond donors (Lipinski definition) is 1. The first-order valence-electron chi connectivity index (χ1n) is 10.4. The highest BCUT2D eigenvalue weighted by Crippen LogP contribution is 2.41. The number of fused-ring (bicyclic) bond motifs is 3. The zero-order valence-electron chi connectivity index (χ0n) is 17.8. The van der Waals surface area contributed by atoms with Crippen molar-refractivity contribution in [1.29, 1.82) is 0 Å². The third-order valence-corrected chi connectivity index (χ3v) is 6.24. The van der Waals surface area contributed by atoms with Crippen LogP contribution >= 0.6 is 11.6 Å². The van der Waals surface area contributed by atoms with Crippen LogP contribution in [0.15, 0.2) is 42.5 Å². The topological polar surface area (TPSA) is 44.8 Å². The SMILES string of the molecule is Cc1ccc(C2c3[nH]c4cc(F)c(Cl)cc4c3CCN2c2nc(C)cc(C(F)(F)F)n2)cc1. The normalized spacial score (nSPS) is 16.3. The molecule has 33 heavy (non-hydrogen) atoms. The molecule has 1 N–H and O–H groups in total. The summed E-state index contributed by atoms with van der Waals surface area (Å²) in [5.41, 5.74) is 3.46. The highest BCUT2D eigenvalue weighted by molar-refractivity contribution is 6.31. The van der Waals surface area contributed by atoms with E-state index in [1.165, 1.54) is 13.0 Å². The van der Waals surface area contributed by atoms with E-state index in [9.17, 15) is 17.6 Å². The minimum atomic E-state index is -4.59. The molecule has 0 saturated heterocycles. The van der Waals surface area contributed by atoms with E-state index in [0.29, 0.717) is 18.5 Å². The Bertz CT molecular complexity index is 1360. The standard InChI is InChI=1S/C24H19ClF4N4/c1-12-3-5-14(6-4-12)22-21-15(16-10-17(25)18(26)11-19(16)31-21)7-8-33(22)23-30-13(2)9-20(32-23)24(27,28)29/h3-6,9-11,22,31H,7-8H2,1-2H3. The van der Waals surface area contributed by atoms with Gasteiger partial charge in [-0.05, 0) is 49.6 Å². The summed E-state index contributed by atoms with van der Waals surface area (Å²) in [6.07, 6.45) is -4.07. The van der Waals surface area contributed by atoms with Crippen LogP contribution in [-0.4, -0.2) is 21.5 Å². The van der Waals surface area contributed by atoms with E-state index in [1.807, 2.05) is 31.2 Å². The van der Waals surface area contributed by atoms with Crippen LogP contribution in [0.3, 0.4) is 0 Å². The summed E-state index contributed by atoms with van der Waals surface area (Å²) >= 11 is 6.03. The molecule has 0 amide bonds. The highest BCUT2D eigenvalue weighted by atomic mass is 35.5. The molecular weight excluding hydrogens is 456 g/mol. The molecule has 4 aromatic rings. The van der Waals surface area contributed by atoms with Crippen LogP contribution in [-0.2, 0) is 12.6 Å². The van der Waals surface area contributed by atoms with E-state index >= 15 is 0 Å². The van der Waals surface area contributed by atoms with Crippen molar-refractivity contribution in [3.05, 3.63) is 87.1 Å². The number of anilines is 1. The second-order valence-electron chi connectivity index (χ2n) is 8.28. The van der Waals surface area contributed by atoms with E-state index in [2.05, 4.69) is 15.0 Å². The number of aryl methyl sites for hydroxylation is 2. The lowest BCUT2D eigenvalue weighted by Crippen LogP contribution is -2.37. The molecule has 5 rings (SSSR count). The average Bonchev–Trinajstić information content (AvgIpc) is 3.10. The second kappa shape index (κ2) is 7.73. The fourth-order valence-corrected chi connectivity index (χ4v) is 4.59. The number of aromatic nitrogens is 3. The van der Waals surface area contributed by atoms with E-state index in [0.717, 1.165) is 33.8 Å². The number of aromatic amines is 1. The van der Waals surface area contributed by atoms with Gasteiger partial charge in [0.05, 0.1) is 11.1 Å². The number of alkyl halides is 3. The first-order chi connectivity index (χ1) is 15.6. The van der Waals surface area contributed by atoms with Gasteiger partial charge in [-0.1, -0.05) is 41.4 Å². The minimum Gasteiger partial charge on any atom is -0.356 e. The number of nitrogens with zero attached hydrogens (tertiary/aromatic N) is 3. The summed E-state index contributed by atoms with van der Waals surface area (Å²) in [6.45, 7) is 3.86. The average molecular weight is 475 g/mol. The molecule has 2 aromatic heterocycles. The molecule has 0 saturated carbocycles. The predicted molar refractivity (Wildman–Crippen MR) is 119 cm³/mol. The Morgan fingerprint density at radius 1 is 1.06 bits per heavy atom. The van der Waals surface area contributed by atoms with Gasteiger partial charge in [-0.25, -0.2) is 14.4 Å². The zero-order valence-corrected chi connectivity index (χ0v) is 18.5. The molecule has 0 radical (unpaired) electrons. The maximum absolute atomic E-state index is 14.1. The van der Waals surface area contributed by atoms with E-state index in [4.69, 9.17) is 11.6 Å². The molecule has 1 atom stereocenters. The molecule has 4 nitrogen and oxygen atoms in total. The first kappa shape index (κ1) is 21.7. The molecule has 1 aliphatic rings. The molecule has 0 spiro atoms. The van der Waals surface area contributed by atoms with Gasteiger partial charge in [-0.3, -0.25) is 0 Å². The predicted octanol–water partition coefficient (Wildman–Crippen LogP) is 6.54. The third-order valence-electron chi connectivity index (χ3n) is 5.95. The van der Waals surface area contributed by atoms with Crippen molar-refractivity contribution in [2.45, 2.75) is 32.5 Å². The van der Waals surface area contributed by atoms with Gasteiger partial charge in [0.25, 0.3) is 0 Å². The summed E-state index contributed by atoms with van der Waals surface area (Å²) in [5.74, 6) is -0.537. The Morgan fingerprint density at radius 2 is 1.79 bits per heavy atom. The summed E-state index contributed by atoms with van der Waals surface area (Å²) < 4.78 is 54.5.